The summed E-state index contributed by atoms with van der Waals surface area (Å²) in [6.45, 7) is 0.0796. The summed E-state index contributed by atoms with van der Waals surface area (Å²) < 4.78 is 25.8. The molecule has 2 aromatic carbocycles. The number of carbonyl (C=O) groups is 1. The van der Waals surface area contributed by atoms with Crippen LogP contribution in [0, 0.1) is 5.82 Å². The first-order chi connectivity index (χ1) is 15.1. The molecule has 0 radical (unpaired) electrons. The molecule has 7 heteroatoms. The fourth-order valence-corrected chi connectivity index (χ4v) is 5.35. The Balaban J connectivity index is 1.53. The van der Waals surface area contributed by atoms with E-state index in [1.165, 1.54) is 24.2 Å². The van der Waals surface area contributed by atoms with Crippen LogP contribution in [-0.4, -0.2) is 28.3 Å². The van der Waals surface area contributed by atoms with Gasteiger partial charge >= 0.3 is 0 Å². The molecule has 0 atom stereocenters. The number of thiocarbonyl (C=S) groups is 1. The first kappa shape index (κ1) is 21.8. The maximum atomic E-state index is 13.9. The van der Waals surface area contributed by atoms with Crippen LogP contribution in [0.2, 0.25) is 0 Å². The predicted molar refractivity (Wildman–Crippen MR) is 126 cm³/mol. The Morgan fingerprint density at radius 1 is 1.16 bits per heavy atom. The summed E-state index contributed by atoms with van der Waals surface area (Å²) >= 11 is 6.86. The van der Waals surface area contributed by atoms with E-state index in [4.69, 9.17) is 21.7 Å². The van der Waals surface area contributed by atoms with Gasteiger partial charge in [-0.2, -0.15) is 0 Å². The molecule has 162 valence electrons. The van der Waals surface area contributed by atoms with Gasteiger partial charge in [-0.15, -0.1) is 0 Å². The van der Waals surface area contributed by atoms with Gasteiger partial charge < -0.3 is 9.47 Å². The number of ether oxygens (including phenoxy) is 2. The summed E-state index contributed by atoms with van der Waals surface area (Å²) in [5, 5.41) is 0. The molecule has 1 saturated carbocycles. The number of thioether (sulfide) groups is 1. The standard InChI is InChI=1S/C24H24FNO3S2/c1-28-20-12-11-16(13-21(20)29-15-17-7-5-6-10-19(17)25)14-22-23(27)26(24(30)31-22)18-8-3-2-4-9-18/h5-7,10-14,18H,2-4,8-9,15H2,1H3/b22-14+. The van der Waals surface area contributed by atoms with Crippen LogP contribution in [0.4, 0.5) is 4.39 Å². The molecular weight excluding hydrogens is 433 g/mol. The second-order valence-electron chi connectivity index (χ2n) is 7.63. The lowest BCUT2D eigenvalue weighted by Crippen LogP contribution is -2.39. The lowest BCUT2D eigenvalue weighted by atomic mass is 9.94. The fourth-order valence-electron chi connectivity index (χ4n) is 3.95. The molecule has 0 spiro atoms. The van der Waals surface area contributed by atoms with Gasteiger partial charge in [0.1, 0.15) is 16.7 Å². The number of carbonyl (C=O) groups excluding carboxylic acids is 1. The molecule has 1 saturated heterocycles. The van der Waals surface area contributed by atoms with E-state index in [0.717, 1.165) is 31.2 Å². The second-order valence-corrected chi connectivity index (χ2v) is 9.31. The van der Waals surface area contributed by atoms with Crippen molar-refractivity contribution in [2.45, 2.75) is 44.8 Å². The molecule has 1 heterocycles. The summed E-state index contributed by atoms with van der Waals surface area (Å²) in [7, 11) is 1.56. The molecule has 4 nitrogen and oxygen atoms in total. The lowest BCUT2D eigenvalue weighted by molar-refractivity contribution is -0.124. The average Bonchev–Trinajstić information content (AvgIpc) is 3.06. The zero-order valence-electron chi connectivity index (χ0n) is 17.3. The molecule has 2 fully saturated rings. The fraction of sp³-hybridized carbons (Fsp3) is 0.333. The maximum Gasteiger partial charge on any atom is 0.266 e. The Labute approximate surface area is 191 Å². The van der Waals surface area contributed by atoms with Crippen molar-refractivity contribution in [2.75, 3.05) is 7.11 Å². The summed E-state index contributed by atoms with van der Waals surface area (Å²) in [5.74, 6) is 0.695. The van der Waals surface area contributed by atoms with Gasteiger partial charge in [0.05, 0.1) is 12.0 Å². The van der Waals surface area contributed by atoms with Gasteiger partial charge in [-0.3, -0.25) is 9.69 Å². The Kier molecular flexibility index (Phi) is 6.92. The largest absolute Gasteiger partial charge is 0.493 e. The van der Waals surface area contributed by atoms with E-state index in [2.05, 4.69) is 0 Å². The van der Waals surface area contributed by atoms with Crippen LogP contribution < -0.4 is 9.47 Å². The van der Waals surface area contributed by atoms with Gasteiger partial charge in [-0.1, -0.05) is 67.5 Å². The number of nitrogens with zero attached hydrogens (tertiary/aromatic N) is 1. The van der Waals surface area contributed by atoms with E-state index in [9.17, 15) is 9.18 Å². The number of benzene rings is 2. The molecule has 1 aliphatic heterocycles. The highest BCUT2D eigenvalue weighted by Crippen LogP contribution is 2.38. The minimum atomic E-state index is -0.316. The Bertz CT molecular complexity index is 1020. The zero-order chi connectivity index (χ0) is 21.8. The molecule has 2 aromatic rings. The highest BCUT2D eigenvalue weighted by molar-refractivity contribution is 8.26. The number of rotatable bonds is 6. The summed E-state index contributed by atoms with van der Waals surface area (Å²) in [5.41, 5.74) is 1.26. The van der Waals surface area contributed by atoms with Crippen molar-refractivity contribution in [3.8, 4) is 11.5 Å². The SMILES string of the molecule is COc1ccc(/C=C2/SC(=S)N(C3CCCCC3)C2=O)cc1OCc1ccccc1F. The van der Waals surface area contributed by atoms with Gasteiger partial charge in [0.2, 0.25) is 0 Å². The smallest absolute Gasteiger partial charge is 0.266 e. The quantitative estimate of drug-likeness (QED) is 0.396. The summed E-state index contributed by atoms with van der Waals surface area (Å²) in [4.78, 5) is 15.4. The zero-order valence-corrected chi connectivity index (χ0v) is 18.9. The van der Waals surface area contributed by atoms with E-state index in [1.54, 1.807) is 42.3 Å². The van der Waals surface area contributed by atoms with Gasteiger partial charge in [0.25, 0.3) is 5.91 Å². The van der Waals surface area contributed by atoms with Gasteiger partial charge in [0, 0.05) is 11.6 Å². The normalized spacial score (nSPS) is 18.6. The second kappa shape index (κ2) is 9.83. The topological polar surface area (TPSA) is 38.8 Å². The number of hydrogen-bond donors (Lipinski definition) is 0. The van der Waals surface area contributed by atoms with E-state index < -0.39 is 0 Å². The number of amides is 1. The monoisotopic (exact) mass is 457 g/mol. The van der Waals surface area contributed by atoms with Crippen molar-refractivity contribution < 1.29 is 18.7 Å². The van der Waals surface area contributed by atoms with Crippen molar-refractivity contribution >= 4 is 40.3 Å². The van der Waals surface area contributed by atoms with Crippen molar-refractivity contribution in [2.24, 2.45) is 0 Å². The molecule has 0 unspecified atom stereocenters. The molecule has 1 aliphatic carbocycles. The molecule has 0 aromatic heterocycles. The molecule has 4 rings (SSSR count). The van der Waals surface area contributed by atoms with E-state index >= 15 is 0 Å². The molecule has 2 aliphatic rings. The third kappa shape index (κ3) is 4.93. The predicted octanol–water partition coefficient (Wildman–Crippen LogP) is 5.95. The van der Waals surface area contributed by atoms with E-state index in [1.807, 2.05) is 12.1 Å². The Morgan fingerprint density at radius 3 is 2.68 bits per heavy atom. The van der Waals surface area contributed by atoms with Gasteiger partial charge in [-0.05, 0) is 42.7 Å². The van der Waals surface area contributed by atoms with Crippen LogP contribution >= 0.6 is 24.0 Å². The number of methoxy groups -OCH3 is 1. The Hall–Kier alpha value is -2.38. The molecule has 0 N–H and O–H groups in total. The Morgan fingerprint density at radius 2 is 1.94 bits per heavy atom. The van der Waals surface area contributed by atoms with Gasteiger partial charge in [-0.25, -0.2) is 4.39 Å². The van der Waals surface area contributed by atoms with Crippen molar-refractivity contribution in [3.05, 3.63) is 64.3 Å². The highest BCUT2D eigenvalue weighted by atomic mass is 32.2. The minimum absolute atomic E-state index is 0.0217. The summed E-state index contributed by atoms with van der Waals surface area (Å²) in [6, 6.07) is 12.2. The van der Waals surface area contributed by atoms with E-state index in [0.29, 0.717) is 26.3 Å². The highest BCUT2D eigenvalue weighted by Gasteiger charge is 2.37. The lowest BCUT2D eigenvalue weighted by Gasteiger charge is -2.29. The number of halogens is 1. The van der Waals surface area contributed by atoms with Crippen LogP contribution in [0.5, 0.6) is 11.5 Å². The van der Waals surface area contributed by atoms with Crippen LogP contribution in [-0.2, 0) is 11.4 Å². The van der Waals surface area contributed by atoms with Crippen molar-refractivity contribution in [1.82, 2.24) is 4.90 Å². The molecular formula is C24H24FNO3S2. The number of hydrogen-bond acceptors (Lipinski definition) is 5. The van der Waals surface area contributed by atoms with Crippen LogP contribution in [0.1, 0.15) is 43.2 Å². The third-order valence-electron chi connectivity index (χ3n) is 5.59. The van der Waals surface area contributed by atoms with Crippen LogP contribution in [0.25, 0.3) is 6.08 Å². The van der Waals surface area contributed by atoms with Crippen LogP contribution in [0.15, 0.2) is 47.4 Å². The van der Waals surface area contributed by atoms with Crippen molar-refractivity contribution in [3.63, 3.8) is 0 Å². The molecule has 0 bridgehead atoms. The first-order valence-electron chi connectivity index (χ1n) is 10.4. The molecule has 31 heavy (non-hydrogen) atoms. The average molecular weight is 458 g/mol. The first-order valence-corrected chi connectivity index (χ1v) is 11.6. The third-order valence-corrected chi connectivity index (χ3v) is 6.92. The van der Waals surface area contributed by atoms with Crippen LogP contribution in [0.3, 0.4) is 0 Å². The van der Waals surface area contributed by atoms with Gasteiger partial charge in [0.15, 0.2) is 11.5 Å². The van der Waals surface area contributed by atoms with E-state index in [-0.39, 0.29) is 24.4 Å². The molecule has 1 amide bonds. The summed E-state index contributed by atoms with van der Waals surface area (Å²) in [6.07, 6.45) is 7.36. The minimum Gasteiger partial charge on any atom is -0.493 e. The van der Waals surface area contributed by atoms with Crippen molar-refractivity contribution in [1.29, 1.82) is 0 Å². The maximum absolute atomic E-state index is 13.9.